The minimum Gasteiger partial charge on any atom is -0.379 e. The summed E-state index contributed by atoms with van der Waals surface area (Å²) in [6, 6.07) is 0. The Labute approximate surface area is 137 Å². The molecule has 8 heteroatoms. The fourth-order valence-electron chi connectivity index (χ4n) is 2.91. The molecule has 2 amide bonds. The Balaban J connectivity index is 1.58. The largest absolute Gasteiger partial charge is 0.379 e. The summed E-state index contributed by atoms with van der Waals surface area (Å²) in [5, 5.41) is 2.73. The molecule has 2 aliphatic heterocycles. The molecule has 8 nitrogen and oxygen atoms in total. The van der Waals surface area contributed by atoms with Crippen LogP contribution in [-0.4, -0.2) is 105 Å². The standard InChI is InChI=1S/C15H29N5O3/c16-2-5-19-6-8-20(9-7-19)15(22)14(21)17-3-1-4-18-10-12-23-13-11-18/h1-13,16H2,(H,17,21). The molecule has 0 radical (unpaired) electrons. The van der Waals surface area contributed by atoms with Gasteiger partial charge in [-0.15, -0.1) is 0 Å². The molecule has 2 rings (SSSR count). The maximum atomic E-state index is 12.1. The van der Waals surface area contributed by atoms with Gasteiger partial charge in [0.2, 0.25) is 0 Å². The van der Waals surface area contributed by atoms with Crippen LogP contribution in [0.25, 0.3) is 0 Å². The summed E-state index contributed by atoms with van der Waals surface area (Å²) in [7, 11) is 0. The second-order valence-corrected chi connectivity index (χ2v) is 5.99. The van der Waals surface area contributed by atoms with Gasteiger partial charge in [0.15, 0.2) is 0 Å². The average Bonchev–Trinajstić information content (AvgIpc) is 2.60. The van der Waals surface area contributed by atoms with Gasteiger partial charge in [-0.05, 0) is 13.0 Å². The van der Waals surface area contributed by atoms with Crippen molar-refractivity contribution >= 4 is 11.8 Å². The van der Waals surface area contributed by atoms with E-state index in [2.05, 4.69) is 15.1 Å². The molecule has 0 saturated carbocycles. The second kappa shape index (κ2) is 9.82. The molecule has 0 aromatic rings. The fourth-order valence-corrected chi connectivity index (χ4v) is 2.91. The molecule has 0 aromatic heterocycles. The van der Waals surface area contributed by atoms with Crippen LogP contribution in [0, 0.1) is 0 Å². The van der Waals surface area contributed by atoms with Gasteiger partial charge in [-0.1, -0.05) is 0 Å². The highest BCUT2D eigenvalue weighted by atomic mass is 16.5. The summed E-state index contributed by atoms with van der Waals surface area (Å²) in [5.74, 6) is -0.900. The van der Waals surface area contributed by atoms with E-state index in [0.717, 1.165) is 58.9 Å². The van der Waals surface area contributed by atoms with Crippen molar-refractivity contribution in [2.45, 2.75) is 6.42 Å². The van der Waals surface area contributed by atoms with Gasteiger partial charge in [0.05, 0.1) is 13.2 Å². The number of ether oxygens (including phenoxy) is 1. The monoisotopic (exact) mass is 327 g/mol. The first kappa shape index (κ1) is 18.1. The van der Waals surface area contributed by atoms with Crippen LogP contribution in [0.3, 0.4) is 0 Å². The molecule has 132 valence electrons. The highest BCUT2D eigenvalue weighted by molar-refractivity contribution is 6.35. The zero-order valence-corrected chi connectivity index (χ0v) is 13.8. The third kappa shape index (κ3) is 6.06. The second-order valence-electron chi connectivity index (χ2n) is 5.99. The van der Waals surface area contributed by atoms with E-state index in [1.165, 1.54) is 0 Å². The summed E-state index contributed by atoms with van der Waals surface area (Å²) < 4.78 is 5.29. The highest BCUT2D eigenvalue weighted by Gasteiger charge is 2.25. The predicted octanol–water partition coefficient (Wildman–Crippen LogP) is -2.07. The Morgan fingerprint density at radius 3 is 2.26 bits per heavy atom. The van der Waals surface area contributed by atoms with E-state index in [1.807, 2.05) is 0 Å². The van der Waals surface area contributed by atoms with Crippen LogP contribution in [0.2, 0.25) is 0 Å². The molecule has 0 atom stereocenters. The van der Waals surface area contributed by atoms with E-state index in [1.54, 1.807) is 4.90 Å². The lowest BCUT2D eigenvalue weighted by Gasteiger charge is -2.34. The van der Waals surface area contributed by atoms with Gasteiger partial charge < -0.3 is 20.7 Å². The van der Waals surface area contributed by atoms with Gasteiger partial charge in [0, 0.05) is 58.9 Å². The number of carbonyl (C=O) groups is 2. The maximum Gasteiger partial charge on any atom is 0.311 e. The minimum absolute atomic E-state index is 0.413. The summed E-state index contributed by atoms with van der Waals surface area (Å²) in [4.78, 5) is 30.2. The lowest BCUT2D eigenvalue weighted by molar-refractivity contribution is -0.147. The molecule has 2 saturated heterocycles. The third-order valence-corrected chi connectivity index (χ3v) is 4.34. The van der Waals surface area contributed by atoms with Crippen molar-refractivity contribution in [3.8, 4) is 0 Å². The summed E-state index contributed by atoms with van der Waals surface area (Å²) >= 11 is 0. The molecule has 2 aliphatic rings. The van der Waals surface area contributed by atoms with E-state index in [4.69, 9.17) is 10.5 Å². The van der Waals surface area contributed by atoms with E-state index in [-0.39, 0.29) is 0 Å². The van der Waals surface area contributed by atoms with Crippen molar-refractivity contribution < 1.29 is 14.3 Å². The normalized spacial score (nSPS) is 20.5. The molecule has 0 aliphatic carbocycles. The lowest BCUT2D eigenvalue weighted by Crippen LogP contribution is -2.53. The summed E-state index contributed by atoms with van der Waals surface area (Å²) in [6.45, 7) is 9.14. The molecule has 3 N–H and O–H groups in total. The number of nitrogens with two attached hydrogens (primary N) is 1. The van der Waals surface area contributed by atoms with Gasteiger partial charge in [-0.2, -0.15) is 0 Å². The Morgan fingerprint density at radius 1 is 0.957 bits per heavy atom. The number of hydrogen-bond donors (Lipinski definition) is 2. The van der Waals surface area contributed by atoms with Gasteiger partial charge in [-0.3, -0.25) is 19.4 Å². The van der Waals surface area contributed by atoms with Crippen LogP contribution < -0.4 is 11.1 Å². The number of nitrogens with zero attached hydrogens (tertiary/aromatic N) is 3. The number of morpholine rings is 1. The Kier molecular flexibility index (Phi) is 7.73. The molecule has 2 fully saturated rings. The van der Waals surface area contributed by atoms with Crippen molar-refractivity contribution in [3.63, 3.8) is 0 Å². The van der Waals surface area contributed by atoms with Crippen LogP contribution in [0.4, 0.5) is 0 Å². The minimum atomic E-state index is -0.487. The Bertz CT molecular complexity index is 379. The summed E-state index contributed by atoms with van der Waals surface area (Å²) in [6.07, 6.45) is 0.850. The van der Waals surface area contributed by atoms with E-state index in [0.29, 0.717) is 26.2 Å². The number of piperazine rings is 1. The van der Waals surface area contributed by atoms with Gasteiger partial charge in [0.1, 0.15) is 0 Å². The molecule has 23 heavy (non-hydrogen) atoms. The van der Waals surface area contributed by atoms with E-state index in [9.17, 15) is 9.59 Å². The van der Waals surface area contributed by atoms with Crippen molar-refractivity contribution in [1.29, 1.82) is 0 Å². The number of hydrogen-bond acceptors (Lipinski definition) is 6. The van der Waals surface area contributed by atoms with E-state index >= 15 is 0 Å². The quantitative estimate of drug-likeness (QED) is 0.430. The average molecular weight is 327 g/mol. The lowest BCUT2D eigenvalue weighted by atomic mass is 10.3. The zero-order valence-electron chi connectivity index (χ0n) is 13.8. The molecule has 2 heterocycles. The van der Waals surface area contributed by atoms with Crippen LogP contribution in [0.1, 0.15) is 6.42 Å². The molecular formula is C15H29N5O3. The highest BCUT2D eigenvalue weighted by Crippen LogP contribution is 2.02. The SMILES string of the molecule is NCCN1CCN(C(=O)C(=O)NCCCN2CCOCC2)CC1. The van der Waals surface area contributed by atoms with Crippen LogP contribution >= 0.6 is 0 Å². The van der Waals surface area contributed by atoms with Crippen LogP contribution in [0.5, 0.6) is 0 Å². The van der Waals surface area contributed by atoms with Gasteiger partial charge in [-0.25, -0.2) is 0 Å². The maximum absolute atomic E-state index is 12.1. The zero-order chi connectivity index (χ0) is 16.5. The van der Waals surface area contributed by atoms with Crippen molar-refractivity contribution in [1.82, 2.24) is 20.0 Å². The van der Waals surface area contributed by atoms with Crippen molar-refractivity contribution in [2.24, 2.45) is 5.73 Å². The Hall–Kier alpha value is -1.22. The van der Waals surface area contributed by atoms with Crippen molar-refractivity contribution in [3.05, 3.63) is 0 Å². The first-order chi connectivity index (χ1) is 11.2. The number of carbonyl (C=O) groups excluding carboxylic acids is 2. The summed E-state index contributed by atoms with van der Waals surface area (Å²) in [5.41, 5.74) is 5.53. The molecule has 0 unspecified atom stereocenters. The molecule has 0 aromatic carbocycles. The topological polar surface area (TPSA) is 91.1 Å². The fraction of sp³-hybridized carbons (Fsp3) is 0.867. The molecule has 0 bridgehead atoms. The number of rotatable bonds is 6. The smallest absolute Gasteiger partial charge is 0.311 e. The first-order valence-corrected chi connectivity index (χ1v) is 8.50. The van der Waals surface area contributed by atoms with Gasteiger partial charge in [0.25, 0.3) is 0 Å². The first-order valence-electron chi connectivity index (χ1n) is 8.50. The molecular weight excluding hydrogens is 298 g/mol. The Morgan fingerprint density at radius 2 is 1.61 bits per heavy atom. The number of nitrogens with one attached hydrogen (secondary N) is 1. The van der Waals surface area contributed by atoms with Crippen LogP contribution in [-0.2, 0) is 14.3 Å². The van der Waals surface area contributed by atoms with E-state index < -0.39 is 11.8 Å². The van der Waals surface area contributed by atoms with Crippen molar-refractivity contribution in [2.75, 3.05) is 78.7 Å². The predicted molar refractivity (Wildman–Crippen MR) is 87.0 cm³/mol. The molecule has 0 spiro atoms. The van der Waals surface area contributed by atoms with Crippen LogP contribution in [0.15, 0.2) is 0 Å². The number of amides is 2. The van der Waals surface area contributed by atoms with Gasteiger partial charge >= 0.3 is 11.8 Å². The third-order valence-electron chi connectivity index (χ3n) is 4.34.